The van der Waals surface area contributed by atoms with Crippen molar-refractivity contribution in [3.8, 4) is 0 Å². The van der Waals surface area contributed by atoms with Gasteiger partial charge in [-0.15, -0.1) is 0 Å². The smallest absolute Gasteiger partial charge is 0.409 e. The van der Waals surface area contributed by atoms with Crippen molar-refractivity contribution in [3.63, 3.8) is 0 Å². The first kappa shape index (κ1) is 17.6. The number of nitrogens with zero attached hydrogens (tertiary/aromatic N) is 2. The summed E-state index contributed by atoms with van der Waals surface area (Å²) in [4.78, 5) is 27.4. The number of carbonyl (C=O) groups is 2. The Morgan fingerprint density at radius 2 is 1.96 bits per heavy atom. The van der Waals surface area contributed by atoms with E-state index in [1.165, 1.54) is 0 Å². The summed E-state index contributed by atoms with van der Waals surface area (Å²) in [5.41, 5.74) is 1.66. The highest BCUT2D eigenvalue weighted by Gasteiger charge is 2.23. The minimum atomic E-state index is -0.289. The van der Waals surface area contributed by atoms with Gasteiger partial charge in [0.05, 0.1) is 23.9 Å². The fourth-order valence-electron chi connectivity index (χ4n) is 2.42. The maximum Gasteiger partial charge on any atom is 0.409 e. The van der Waals surface area contributed by atoms with Crippen molar-refractivity contribution < 1.29 is 14.3 Å². The number of piperazine rings is 1. The largest absolute Gasteiger partial charge is 0.450 e. The number of hydrogen-bond acceptors (Lipinski definition) is 4. The zero-order chi connectivity index (χ0) is 16.8. The summed E-state index contributed by atoms with van der Waals surface area (Å²) in [6.07, 6.45) is -0.289. The number of nitrogens with one attached hydrogen (secondary N) is 1. The molecule has 0 saturated carbocycles. The lowest BCUT2D eigenvalue weighted by Gasteiger charge is -2.33. The molecular formula is C16H22ClN3O3. The summed E-state index contributed by atoms with van der Waals surface area (Å²) in [5.74, 6) is -0.111. The van der Waals surface area contributed by atoms with E-state index in [2.05, 4.69) is 5.32 Å². The Balaban J connectivity index is 1.79. The Labute approximate surface area is 141 Å². The van der Waals surface area contributed by atoms with E-state index in [1.54, 1.807) is 17.9 Å². The minimum Gasteiger partial charge on any atom is -0.450 e. The zero-order valence-corrected chi connectivity index (χ0v) is 14.2. The van der Waals surface area contributed by atoms with Crippen LogP contribution in [0.25, 0.3) is 0 Å². The van der Waals surface area contributed by atoms with E-state index in [4.69, 9.17) is 16.3 Å². The van der Waals surface area contributed by atoms with Crippen LogP contribution in [0.4, 0.5) is 10.5 Å². The first-order valence-corrected chi connectivity index (χ1v) is 8.07. The van der Waals surface area contributed by atoms with Crippen LogP contribution >= 0.6 is 11.6 Å². The summed E-state index contributed by atoms with van der Waals surface area (Å²) in [5, 5.41) is 3.35. The molecule has 0 atom stereocenters. The van der Waals surface area contributed by atoms with Crippen LogP contribution in [0.2, 0.25) is 5.02 Å². The molecule has 0 aromatic heterocycles. The van der Waals surface area contributed by atoms with Gasteiger partial charge in [0.1, 0.15) is 0 Å². The molecule has 1 fully saturated rings. The molecule has 7 heteroatoms. The third kappa shape index (κ3) is 5.11. The first-order chi connectivity index (χ1) is 11.0. The maximum absolute atomic E-state index is 12.1. The Morgan fingerprint density at radius 1 is 1.26 bits per heavy atom. The summed E-state index contributed by atoms with van der Waals surface area (Å²) in [6, 6.07) is 5.52. The molecule has 1 aliphatic rings. The summed E-state index contributed by atoms with van der Waals surface area (Å²) in [7, 11) is 0. The van der Waals surface area contributed by atoms with Crippen molar-refractivity contribution >= 4 is 29.3 Å². The molecule has 0 spiro atoms. The van der Waals surface area contributed by atoms with Crippen LogP contribution in [0.5, 0.6) is 0 Å². The number of carbonyl (C=O) groups excluding carboxylic acids is 2. The van der Waals surface area contributed by atoms with Crippen LogP contribution in [0, 0.1) is 6.92 Å². The second kappa shape index (κ2) is 8.17. The molecule has 0 radical (unpaired) electrons. The zero-order valence-electron chi connectivity index (χ0n) is 13.5. The van der Waals surface area contributed by atoms with E-state index < -0.39 is 0 Å². The average molecular weight is 340 g/mol. The quantitative estimate of drug-likeness (QED) is 0.914. The third-order valence-electron chi connectivity index (χ3n) is 3.66. The molecule has 1 aromatic carbocycles. The molecule has 0 aliphatic carbocycles. The van der Waals surface area contributed by atoms with Crippen molar-refractivity contribution in [2.45, 2.75) is 13.8 Å². The number of halogens is 1. The highest BCUT2D eigenvalue weighted by molar-refractivity contribution is 6.33. The fraction of sp³-hybridized carbons (Fsp3) is 0.500. The van der Waals surface area contributed by atoms with Crippen LogP contribution in [0.1, 0.15) is 12.5 Å². The van der Waals surface area contributed by atoms with E-state index in [-0.39, 0.29) is 18.5 Å². The van der Waals surface area contributed by atoms with Crippen LogP contribution < -0.4 is 5.32 Å². The lowest BCUT2D eigenvalue weighted by molar-refractivity contribution is -0.117. The SMILES string of the molecule is CCOC(=O)N1CCN(CC(=O)Nc2ccc(C)cc2Cl)CC1. The van der Waals surface area contributed by atoms with Crippen molar-refractivity contribution in [2.75, 3.05) is 44.6 Å². The van der Waals surface area contributed by atoms with Gasteiger partial charge < -0.3 is 15.0 Å². The molecule has 2 rings (SSSR count). The Hall–Kier alpha value is -1.79. The van der Waals surface area contributed by atoms with Gasteiger partial charge in [0.15, 0.2) is 0 Å². The van der Waals surface area contributed by atoms with Gasteiger partial charge in [-0.25, -0.2) is 4.79 Å². The van der Waals surface area contributed by atoms with Gasteiger partial charge in [-0.05, 0) is 31.5 Å². The third-order valence-corrected chi connectivity index (χ3v) is 3.98. The highest BCUT2D eigenvalue weighted by atomic mass is 35.5. The number of aryl methyl sites for hydroxylation is 1. The summed E-state index contributed by atoms with van der Waals surface area (Å²) >= 11 is 6.11. The molecule has 0 bridgehead atoms. The molecule has 0 unspecified atom stereocenters. The Bertz CT molecular complexity index is 572. The molecule has 1 aromatic rings. The molecule has 2 amide bonds. The van der Waals surface area contributed by atoms with Crippen LogP contribution in [-0.4, -0.2) is 61.1 Å². The normalized spacial score (nSPS) is 15.3. The van der Waals surface area contributed by atoms with Crippen molar-refractivity contribution in [2.24, 2.45) is 0 Å². The van der Waals surface area contributed by atoms with Gasteiger partial charge in [0.25, 0.3) is 0 Å². The number of anilines is 1. The van der Waals surface area contributed by atoms with Gasteiger partial charge in [0, 0.05) is 26.2 Å². The fourth-order valence-corrected chi connectivity index (χ4v) is 2.70. The van der Waals surface area contributed by atoms with Crippen LogP contribution in [-0.2, 0) is 9.53 Å². The summed E-state index contributed by atoms with van der Waals surface area (Å²) in [6.45, 7) is 6.81. The second-order valence-corrected chi connectivity index (χ2v) is 5.90. The van der Waals surface area contributed by atoms with Gasteiger partial charge in [-0.2, -0.15) is 0 Å². The minimum absolute atomic E-state index is 0.111. The van der Waals surface area contributed by atoms with Crippen LogP contribution in [0.15, 0.2) is 18.2 Å². The van der Waals surface area contributed by atoms with E-state index in [0.29, 0.717) is 43.5 Å². The standard InChI is InChI=1S/C16H22ClN3O3/c1-3-23-16(22)20-8-6-19(7-9-20)11-15(21)18-14-5-4-12(2)10-13(14)17/h4-5,10H,3,6-9,11H2,1-2H3,(H,18,21). The average Bonchev–Trinajstić information content (AvgIpc) is 2.51. The van der Waals surface area contributed by atoms with E-state index in [1.807, 2.05) is 24.0 Å². The van der Waals surface area contributed by atoms with Gasteiger partial charge in [0.2, 0.25) is 5.91 Å². The molecule has 1 saturated heterocycles. The molecule has 1 aliphatic heterocycles. The Morgan fingerprint density at radius 3 is 2.57 bits per heavy atom. The van der Waals surface area contributed by atoms with Gasteiger partial charge >= 0.3 is 6.09 Å². The molecular weight excluding hydrogens is 318 g/mol. The van der Waals surface area contributed by atoms with E-state index >= 15 is 0 Å². The predicted octanol–water partition coefficient (Wildman–Crippen LogP) is 2.36. The summed E-state index contributed by atoms with van der Waals surface area (Å²) < 4.78 is 4.97. The number of rotatable bonds is 4. The number of ether oxygens (including phenoxy) is 1. The maximum atomic E-state index is 12.1. The number of hydrogen-bond donors (Lipinski definition) is 1. The van der Waals surface area contributed by atoms with Gasteiger partial charge in [-0.1, -0.05) is 17.7 Å². The molecule has 1 N–H and O–H groups in total. The second-order valence-electron chi connectivity index (χ2n) is 5.49. The topological polar surface area (TPSA) is 61.9 Å². The van der Waals surface area contributed by atoms with E-state index in [9.17, 15) is 9.59 Å². The number of amides is 2. The van der Waals surface area contributed by atoms with Crippen molar-refractivity contribution in [1.29, 1.82) is 0 Å². The predicted molar refractivity (Wildman–Crippen MR) is 89.9 cm³/mol. The molecule has 6 nitrogen and oxygen atoms in total. The molecule has 23 heavy (non-hydrogen) atoms. The van der Waals surface area contributed by atoms with Crippen molar-refractivity contribution in [1.82, 2.24) is 9.80 Å². The molecule has 1 heterocycles. The lowest BCUT2D eigenvalue weighted by Crippen LogP contribution is -2.50. The molecule has 126 valence electrons. The first-order valence-electron chi connectivity index (χ1n) is 7.69. The highest BCUT2D eigenvalue weighted by Crippen LogP contribution is 2.22. The van der Waals surface area contributed by atoms with Crippen molar-refractivity contribution in [3.05, 3.63) is 28.8 Å². The monoisotopic (exact) mass is 339 g/mol. The van der Waals surface area contributed by atoms with Crippen LogP contribution in [0.3, 0.4) is 0 Å². The Kier molecular flexibility index (Phi) is 6.24. The van der Waals surface area contributed by atoms with Gasteiger partial charge in [-0.3, -0.25) is 9.69 Å². The van der Waals surface area contributed by atoms with E-state index in [0.717, 1.165) is 5.56 Å². The lowest BCUT2D eigenvalue weighted by atomic mass is 10.2. The number of benzene rings is 1.